The van der Waals surface area contributed by atoms with E-state index in [2.05, 4.69) is 15.9 Å². The number of hydrogen-bond acceptors (Lipinski definition) is 2. The van der Waals surface area contributed by atoms with Crippen molar-refractivity contribution in [2.24, 2.45) is 0 Å². The molecular weight excluding hydrogens is 316 g/mol. The Morgan fingerprint density at radius 3 is 2.50 bits per heavy atom. The molecule has 0 heterocycles. The zero-order valence-electron chi connectivity index (χ0n) is 11.3. The number of likely N-dealkylation sites (N-methyl/N-ethyl adjacent to an activating group) is 1. The molecule has 0 aliphatic heterocycles. The molecule has 104 valence electrons. The van der Waals surface area contributed by atoms with E-state index in [0.717, 1.165) is 21.3 Å². The van der Waals surface area contributed by atoms with Gasteiger partial charge in [0.15, 0.2) is 0 Å². The molecule has 2 aromatic rings. The van der Waals surface area contributed by atoms with E-state index < -0.39 is 0 Å². The lowest BCUT2D eigenvalue weighted by Crippen LogP contribution is -2.27. The number of nitrogens with zero attached hydrogens (tertiary/aromatic N) is 1. The summed E-state index contributed by atoms with van der Waals surface area (Å²) >= 11 is 3.38. The largest absolute Gasteiger partial charge is 0.399 e. The molecule has 0 aromatic heterocycles. The number of rotatable bonds is 4. The van der Waals surface area contributed by atoms with Gasteiger partial charge in [0.1, 0.15) is 0 Å². The molecular formula is C16H17BrN2O. The van der Waals surface area contributed by atoms with Crippen LogP contribution in [-0.4, -0.2) is 17.9 Å². The Kier molecular flexibility index (Phi) is 4.79. The van der Waals surface area contributed by atoms with Gasteiger partial charge < -0.3 is 10.6 Å². The van der Waals surface area contributed by atoms with Crippen LogP contribution >= 0.6 is 15.9 Å². The molecule has 0 atom stereocenters. The second kappa shape index (κ2) is 6.57. The van der Waals surface area contributed by atoms with Crippen molar-refractivity contribution < 1.29 is 4.79 Å². The fourth-order valence-electron chi connectivity index (χ4n) is 1.97. The van der Waals surface area contributed by atoms with E-state index in [1.54, 1.807) is 4.90 Å². The van der Waals surface area contributed by atoms with Gasteiger partial charge in [-0.25, -0.2) is 0 Å². The van der Waals surface area contributed by atoms with Crippen LogP contribution in [0, 0.1) is 0 Å². The predicted octanol–water partition coefficient (Wildman–Crippen LogP) is 3.23. The van der Waals surface area contributed by atoms with Gasteiger partial charge in [-0.2, -0.15) is 0 Å². The summed E-state index contributed by atoms with van der Waals surface area (Å²) in [6, 6.07) is 15.4. The van der Waals surface area contributed by atoms with Gasteiger partial charge in [0, 0.05) is 23.8 Å². The maximum Gasteiger partial charge on any atom is 0.227 e. The third kappa shape index (κ3) is 4.10. The minimum Gasteiger partial charge on any atom is -0.399 e. The average Bonchev–Trinajstić information content (AvgIpc) is 2.41. The number of carbonyl (C=O) groups is 1. The number of benzene rings is 2. The highest BCUT2D eigenvalue weighted by atomic mass is 79.9. The number of amides is 1. The summed E-state index contributed by atoms with van der Waals surface area (Å²) < 4.78 is 1.02. The standard InChI is InChI=1S/C16H17BrN2O/c1-19(11-13-3-2-4-15(18)9-13)16(20)10-12-5-7-14(17)8-6-12/h2-9H,10-11,18H2,1H3. The Bertz CT molecular complexity index is 596. The Hall–Kier alpha value is -1.81. The van der Waals surface area contributed by atoms with Crippen LogP contribution in [0.5, 0.6) is 0 Å². The van der Waals surface area contributed by atoms with Gasteiger partial charge in [0.2, 0.25) is 5.91 Å². The zero-order chi connectivity index (χ0) is 14.5. The molecule has 0 spiro atoms. The van der Waals surface area contributed by atoms with Gasteiger partial charge in [0.05, 0.1) is 6.42 Å². The molecule has 0 saturated carbocycles. The number of halogens is 1. The van der Waals surface area contributed by atoms with Crippen LogP contribution in [0.15, 0.2) is 53.0 Å². The third-order valence-corrected chi connectivity index (χ3v) is 3.59. The highest BCUT2D eigenvalue weighted by Gasteiger charge is 2.10. The minimum atomic E-state index is 0.0924. The van der Waals surface area contributed by atoms with Gasteiger partial charge in [0.25, 0.3) is 0 Å². The summed E-state index contributed by atoms with van der Waals surface area (Å²) in [6.07, 6.45) is 0.409. The van der Waals surface area contributed by atoms with Crippen molar-refractivity contribution in [1.29, 1.82) is 0 Å². The maximum atomic E-state index is 12.2. The Balaban J connectivity index is 1.96. The number of nitrogen functional groups attached to an aromatic ring is 1. The average molecular weight is 333 g/mol. The van der Waals surface area contributed by atoms with E-state index in [-0.39, 0.29) is 5.91 Å². The molecule has 0 aliphatic carbocycles. The molecule has 0 radical (unpaired) electrons. The number of carbonyl (C=O) groups excluding carboxylic acids is 1. The van der Waals surface area contributed by atoms with Crippen LogP contribution in [0.3, 0.4) is 0 Å². The van der Waals surface area contributed by atoms with E-state index in [9.17, 15) is 4.79 Å². The number of anilines is 1. The first kappa shape index (κ1) is 14.6. The van der Waals surface area contributed by atoms with E-state index in [0.29, 0.717) is 13.0 Å². The monoisotopic (exact) mass is 332 g/mol. The molecule has 3 nitrogen and oxygen atoms in total. The SMILES string of the molecule is CN(Cc1cccc(N)c1)C(=O)Cc1ccc(Br)cc1. The lowest BCUT2D eigenvalue weighted by Gasteiger charge is -2.17. The van der Waals surface area contributed by atoms with Crippen molar-refractivity contribution in [3.8, 4) is 0 Å². The molecule has 2 rings (SSSR count). The van der Waals surface area contributed by atoms with Crippen LogP contribution in [0.25, 0.3) is 0 Å². The Morgan fingerprint density at radius 1 is 1.15 bits per heavy atom. The molecule has 2 N–H and O–H groups in total. The molecule has 0 unspecified atom stereocenters. The van der Waals surface area contributed by atoms with Gasteiger partial charge in [-0.05, 0) is 35.4 Å². The first-order valence-electron chi connectivity index (χ1n) is 6.37. The van der Waals surface area contributed by atoms with Crippen LogP contribution < -0.4 is 5.73 Å². The number of nitrogens with two attached hydrogens (primary N) is 1. The maximum absolute atomic E-state index is 12.2. The summed E-state index contributed by atoms with van der Waals surface area (Å²) in [7, 11) is 1.81. The van der Waals surface area contributed by atoms with Crippen LogP contribution in [0.1, 0.15) is 11.1 Å². The second-order valence-electron chi connectivity index (χ2n) is 4.80. The molecule has 2 aromatic carbocycles. The zero-order valence-corrected chi connectivity index (χ0v) is 12.9. The molecule has 4 heteroatoms. The molecule has 0 bridgehead atoms. The summed E-state index contributed by atoms with van der Waals surface area (Å²) in [5.41, 5.74) is 8.51. The highest BCUT2D eigenvalue weighted by molar-refractivity contribution is 9.10. The minimum absolute atomic E-state index is 0.0924. The van der Waals surface area contributed by atoms with Crippen LogP contribution in [-0.2, 0) is 17.8 Å². The first-order chi connectivity index (χ1) is 9.54. The van der Waals surface area contributed by atoms with Crippen molar-refractivity contribution >= 4 is 27.5 Å². The van der Waals surface area contributed by atoms with Crippen LogP contribution in [0.4, 0.5) is 5.69 Å². The summed E-state index contributed by atoms with van der Waals surface area (Å²) in [5, 5.41) is 0. The lowest BCUT2D eigenvalue weighted by molar-refractivity contribution is -0.129. The summed E-state index contributed by atoms with van der Waals surface area (Å²) in [4.78, 5) is 13.9. The van der Waals surface area contributed by atoms with Gasteiger partial charge >= 0.3 is 0 Å². The van der Waals surface area contributed by atoms with Crippen molar-refractivity contribution in [1.82, 2.24) is 4.90 Å². The van der Waals surface area contributed by atoms with E-state index in [1.165, 1.54) is 0 Å². The fraction of sp³-hybridized carbons (Fsp3) is 0.188. The van der Waals surface area contributed by atoms with Gasteiger partial charge in [-0.1, -0.05) is 40.2 Å². The molecule has 1 amide bonds. The number of hydrogen-bond donors (Lipinski definition) is 1. The van der Waals surface area contributed by atoms with Crippen molar-refractivity contribution in [3.63, 3.8) is 0 Å². The quantitative estimate of drug-likeness (QED) is 0.873. The van der Waals surface area contributed by atoms with Crippen LogP contribution in [0.2, 0.25) is 0 Å². The van der Waals surface area contributed by atoms with Crippen molar-refractivity contribution in [2.45, 2.75) is 13.0 Å². The third-order valence-electron chi connectivity index (χ3n) is 3.07. The fourth-order valence-corrected chi connectivity index (χ4v) is 2.23. The second-order valence-corrected chi connectivity index (χ2v) is 5.71. The van der Waals surface area contributed by atoms with Gasteiger partial charge in [-0.3, -0.25) is 4.79 Å². The smallest absolute Gasteiger partial charge is 0.227 e. The predicted molar refractivity (Wildman–Crippen MR) is 85.2 cm³/mol. The highest BCUT2D eigenvalue weighted by Crippen LogP contribution is 2.13. The molecule has 0 fully saturated rings. The topological polar surface area (TPSA) is 46.3 Å². The molecule has 0 saturated heterocycles. The van der Waals surface area contributed by atoms with E-state index in [4.69, 9.17) is 5.73 Å². The van der Waals surface area contributed by atoms with Crippen molar-refractivity contribution in [3.05, 3.63) is 64.1 Å². The summed E-state index contributed by atoms with van der Waals surface area (Å²) in [6.45, 7) is 0.570. The van der Waals surface area contributed by atoms with Gasteiger partial charge in [-0.15, -0.1) is 0 Å². The normalized spacial score (nSPS) is 10.3. The summed E-state index contributed by atoms with van der Waals surface area (Å²) in [5.74, 6) is 0.0924. The van der Waals surface area contributed by atoms with E-state index >= 15 is 0 Å². The van der Waals surface area contributed by atoms with E-state index in [1.807, 2.05) is 55.6 Å². The molecule has 0 aliphatic rings. The lowest BCUT2D eigenvalue weighted by atomic mass is 10.1. The Labute approximate surface area is 127 Å². The Morgan fingerprint density at radius 2 is 1.85 bits per heavy atom. The molecule has 20 heavy (non-hydrogen) atoms. The van der Waals surface area contributed by atoms with Crippen molar-refractivity contribution in [2.75, 3.05) is 12.8 Å². The first-order valence-corrected chi connectivity index (χ1v) is 7.17.